The lowest BCUT2D eigenvalue weighted by Crippen LogP contribution is -2.51. The molecule has 0 radical (unpaired) electrons. The van der Waals surface area contributed by atoms with Crippen LogP contribution in [0.15, 0.2) is 24.3 Å². The molecule has 0 unspecified atom stereocenters. The van der Waals surface area contributed by atoms with Crippen LogP contribution in [0.3, 0.4) is 0 Å². The summed E-state index contributed by atoms with van der Waals surface area (Å²) < 4.78 is 23.6. The second-order valence-electron chi connectivity index (χ2n) is 5.56. The number of rotatable bonds is 3. The summed E-state index contributed by atoms with van der Waals surface area (Å²) in [4.78, 5) is 14.1. The van der Waals surface area contributed by atoms with Crippen LogP contribution in [0.2, 0.25) is 0 Å². The molecule has 2 rings (SSSR count). The molecular weight excluding hydrogens is 261 g/mol. The molecule has 0 bridgehead atoms. The normalized spacial score (nSPS) is 20.4. The van der Waals surface area contributed by atoms with Crippen molar-refractivity contribution in [3.05, 3.63) is 35.6 Å². The monoisotopic (exact) mass is 281 g/mol. The van der Waals surface area contributed by atoms with Crippen molar-refractivity contribution in [2.45, 2.75) is 25.5 Å². The van der Waals surface area contributed by atoms with Crippen molar-refractivity contribution >= 4 is 5.97 Å². The highest BCUT2D eigenvalue weighted by atomic mass is 19.1. The maximum Gasteiger partial charge on any atom is 0.327 e. The number of halogens is 1. The molecule has 1 saturated heterocycles. The number of esters is 1. The number of benzene rings is 1. The van der Waals surface area contributed by atoms with E-state index in [0.29, 0.717) is 19.7 Å². The Balaban J connectivity index is 2.28. The first-order valence-corrected chi connectivity index (χ1v) is 6.64. The summed E-state index contributed by atoms with van der Waals surface area (Å²) in [5.74, 6) is -0.658. The van der Waals surface area contributed by atoms with Gasteiger partial charge >= 0.3 is 5.97 Å². The van der Waals surface area contributed by atoms with Gasteiger partial charge in [0.15, 0.2) is 0 Å². The summed E-state index contributed by atoms with van der Waals surface area (Å²) in [5.41, 5.74) is 0.417. The van der Waals surface area contributed by atoms with Gasteiger partial charge in [0.2, 0.25) is 0 Å². The van der Waals surface area contributed by atoms with E-state index in [4.69, 9.17) is 9.47 Å². The summed E-state index contributed by atoms with van der Waals surface area (Å²) in [5, 5.41) is 0. The molecule has 0 saturated carbocycles. The molecule has 110 valence electrons. The van der Waals surface area contributed by atoms with Gasteiger partial charge in [-0.3, -0.25) is 4.90 Å². The number of morpholine rings is 1. The lowest BCUT2D eigenvalue weighted by Gasteiger charge is -2.41. The van der Waals surface area contributed by atoms with E-state index >= 15 is 0 Å². The number of carbonyl (C=O) groups is 1. The van der Waals surface area contributed by atoms with Gasteiger partial charge in [-0.2, -0.15) is 0 Å². The van der Waals surface area contributed by atoms with Gasteiger partial charge in [0.25, 0.3) is 0 Å². The van der Waals surface area contributed by atoms with Crippen LogP contribution in [0.1, 0.15) is 25.5 Å². The predicted molar refractivity (Wildman–Crippen MR) is 72.8 cm³/mol. The summed E-state index contributed by atoms with van der Waals surface area (Å²) in [7, 11) is 1.37. The van der Waals surface area contributed by atoms with Gasteiger partial charge in [-0.25, -0.2) is 9.18 Å². The van der Waals surface area contributed by atoms with Crippen LogP contribution in [0.5, 0.6) is 0 Å². The fourth-order valence-electron chi connectivity index (χ4n) is 2.53. The minimum Gasteiger partial charge on any atom is -0.468 e. The Morgan fingerprint density at radius 1 is 1.40 bits per heavy atom. The topological polar surface area (TPSA) is 38.8 Å². The van der Waals surface area contributed by atoms with Gasteiger partial charge in [0.05, 0.1) is 19.3 Å². The van der Waals surface area contributed by atoms with Crippen LogP contribution < -0.4 is 0 Å². The second-order valence-corrected chi connectivity index (χ2v) is 5.56. The molecule has 1 fully saturated rings. The Bertz CT molecular complexity index is 473. The number of methoxy groups -OCH3 is 1. The summed E-state index contributed by atoms with van der Waals surface area (Å²) >= 11 is 0. The largest absolute Gasteiger partial charge is 0.468 e. The van der Waals surface area contributed by atoms with Gasteiger partial charge in [-0.05, 0) is 31.5 Å². The smallest absolute Gasteiger partial charge is 0.327 e. The molecular formula is C15H20FNO3. The van der Waals surface area contributed by atoms with Crippen molar-refractivity contribution in [1.82, 2.24) is 4.90 Å². The van der Waals surface area contributed by atoms with Crippen molar-refractivity contribution in [2.75, 3.05) is 26.8 Å². The first kappa shape index (κ1) is 14.9. The van der Waals surface area contributed by atoms with Crippen LogP contribution in [0, 0.1) is 5.82 Å². The van der Waals surface area contributed by atoms with Crippen LogP contribution >= 0.6 is 0 Å². The standard InChI is InChI=1S/C15H20FNO3/c1-15(2)10-17(8-9-20-15)13(14(18)19-3)11-4-6-12(16)7-5-11/h4-7,13H,8-10H2,1-3H3/t13-/m0/s1. The van der Waals surface area contributed by atoms with Crippen LogP contribution in [0.25, 0.3) is 0 Å². The predicted octanol–water partition coefficient (Wildman–Crippen LogP) is 2.15. The zero-order valence-corrected chi connectivity index (χ0v) is 12.1. The van der Waals surface area contributed by atoms with E-state index in [9.17, 15) is 9.18 Å². The van der Waals surface area contributed by atoms with Crippen molar-refractivity contribution in [2.24, 2.45) is 0 Å². The van der Waals surface area contributed by atoms with E-state index in [1.165, 1.54) is 19.2 Å². The first-order chi connectivity index (χ1) is 9.43. The number of nitrogens with zero attached hydrogens (tertiary/aromatic N) is 1. The Morgan fingerprint density at radius 2 is 2.05 bits per heavy atom. The lowest BCUT2D eigenvalue weighted by molar-refractivity contribution is -0.154. The van der Waals surface area contributed by atoms with E-state index in [1.807, 2.05) is 18.7 Å². The molecule has 4 nitrogen and oxygen atoms in total. The minimum atomic E-state index is -0.524. The SMILES string of the molecule is COC(=O)[C@H](c1ccc(F)cc1)N1CCOC(C)(C)C1. The average Bonchev–Trinajstić information content (AvgIpc) is 2.40. The van der Waals surface area contributed by atoms with Crippen LogP contribution in [-0.4, -0.2) is 43.3 Å². The fourth-order valence-corrected chi connectivity index (χ4v) is 2.53. The maximum atomic E-state index is 13.0. The quantitative estimate of drug-likeness (QED) is 0.796. The van der Waals surface area contributed by atoms with Crippen LogP contribution in [-0.2, 0) is 14.3 Å². The molecule has 0 spiro atoms. The second kappa shape index (κ2) is 5.89. The molecule has 0 aromatic heterocycles. The van der Waals surface area contributed by atoms with Crippen molar-refractivity contribution < 1.29 is 18.7 Å². The number of hydrogen-bond acceptors (Lipinski definition) is 4. The molecule has 0 amide bonds. The Hall–Kier alpha value is -1.46. The Labute approximate surface area is 118 Å². The van der Waals surface area contributed by atoms with Gasteiger partial charge in [-0.1, -0.05) is 12.1 Å². The van der Waals surface area contributed by atoms with Gasteiger partial charge < -0.3 is 9.47 Å². The lowest BCUT2D eigenvalue weighted by atomic mass is 10.0. The van der Waals surface area contributed by atoms with E-state index in [-0.39, 0.29) is 17.4 Å². The first-order valence-electron chi connectivity index (χ1n) is 6.64. The summed E-state index contributed by atoms with van der Waals surface area (Å²) in [6.45, 7) is 5.78. The van der Waals surface area contributed by atoms with Gasteiger partial charge in [-0.15, -0.1) is 0 Å². The summed E-state index contributed by atoms with van der Waals surface area (Å²) in [6, 6.07) is 5.44. The number of ether oxygens (including phenoxy) is 2. The average molecular weight is 281 g/mol. The minimum absolute atomic E-state index is 0.315. The van der Waals surface area contributed by atoms with E-state index in [1.54, 1.807) is 12.1 Å². The highest BCUT2D eigenvalue weighted by molar-refractivity contribution is 5.77. The number of hydrogen-bond donors (Lipinski definition) is 0. The van der Waals surface area contributed by atoms with E-state index in [0.717, 1.165) is 5.56 Å². The number of carbonyl (C=O) groups excluding carboxylic acids is 1. The van der Waals surface area contributed by atoms with Gasteiger partial charge in [0, 0.05) is 13.1 Å². The fraction of sp³-hybridized carbons (Fsp3) is 0.533. The zero-order chi connectivity index (χ0) is 14.8. The highest BCUT2D eigenvalue weighted by Crippen LogP contribution is 2.28. The summed E-state index contributed by atoms with van der Waals surface area (Å²) in [6.07, 6.45) is 0. The molecule has 0 aliphatic carbocycles. The zero-order valence-electron chi connectivity index (χ0n) is 12.1. The van der Waals surface area contributed by atoms with Crippen molar-refractivity contribution in [3.8, 4) is 0 Å². The molecule has 0 N–H and O–H groups in total. The third-order valence-corrected chi connectivity index (χ3v) is 3.43. The third kappa shape index (κ3) is 3.35. The molecule has 1 atom stereocenters. The van der Waals surface area contributed by atoms with Crippen LogP contribution in [0.4, 0.5) is 4.39 Å². The van der Waals surface area contributed by atoms with Crippen molar-refractivity contribution in [1.29, 1.82) is 0 Å². The van der Waals surface area contributed by atoms with E-state index < -0.39 is 6.04 Å². The molecule has 5 heteroatoms. The molecule has 1 aromatic rings. The molecule has 1 aliphatic rings. The third-order valence-electron chi connectivity index (χ3n) is 3.43. The molecule has 1 heterocycles. The van der Waals surface area contributed by atoms with Gasteiger partial charge in [0.1, 0.15) is 11.9 Å². The molecule has 1 aromatic carbocycles. The molecule has 1 aliphatic heterocycles. The maximum absolute atomic E-state index is 13.0. The van der Waals surface area contributed by atoms with Crippen molar-refractivity contribution in [3.63, 3.8) is 0 Å². The highest BCUT2D eigenvalue weighted by Gasteiger charge is 2.36. The van der Waals surface area contributed by atoms with E-state index in [2.05, 4.69) is 0 Å². The molecule has 20 heavy (non-hydrogen) atoms. The Kier molecular flexibility index (Phi) is 4.40. The Morgan fingerprint density at radius 3 is 2.60 bits per heavy atom.